The molecule has 0 spiro atoms. The second-order valence-corrected chi connectivity index (χ2v) is 9.15. The number of carbonyl (C=O) groups is 3. The summed E-state index contributed by atoms with van der Waals surface area (Å²) in [4.78, 5) is 38.6. The van der Waals surface area contributed by atoms with Gasteiger partial charge in [-0.05, 0) is 56.4 Å². The highest BCUT2D eigenvalue weighted by Gasteiger charge is 2.34. The largest absolute Gasteiger partial charge is 0.481 e. The summed E-state index contributed by atoms with van der Waals surface area (Å²) in [7, 11) is 0. The van der Waals surface area contributed by atoms with Gasteiger partial charge in [-0.2, -0.15) is 0 Å². The van der Waals surface area contributed by atoms with Crippen LogP contribution in [0.5, 0.6) is 0 Å². The molecule has 1 N–H and O–H groups in total. The van der Waals surface area contributed by atoms with E-state index in [1.807, 2.05) is 17.0 Å². The van der Waals surface area contributed by atoms with E-state index in [9.17, 15) is 14.4 Å². The molecule has 1 aromatic carbocycles. The van der Waals surface area contributed by atoms with Crippen molar-refractivity contribution in [2.45, 2.75) is 58.8 Å². The topological polar surface area (TPSA) is 74.7 Å². The Bertz CT molecular complexity index is 724. The van der Waals surface area contributed by atoms with Gasteiger partial charge in [-0.25, -0.2) is 0 Å². The van der Waals surface area contributed by atoms with Crippen LogP contribution in [0.1, 0.15) is 68.3 Å². The molecule has 2 fully saturated rings. The first-order chi connectivity index (χ1) is 13.8. The molecule has 1 aliphatic carbocycles. The van der Waals surface area contributed by atoms with Crippen LogP contribution < -0.4 is 0 Å². The number of nitrogens with zero attached hydrogens (tertiary/aromatic N) is 1. The van der Waals surface area contributed by atoms with Gasteiger partial charge in [0.25, 0.3) is 0 Å². The van der Waals surface area contributed by atoms with Crippen LogP contribution in [0.15, 0.2) is 24.3 Å². The maximum atomic E-state index is 12.9. The lowest BCUT2D eigenvalue weighted by Gasteiger charge is -2.35. The number of carboxylic acids is 1. The summed E-state index contributed by atoms with van der Waals surface area (Å²) in [5.41, 5.74) is 2.03. The van der Waals surface area contributed by atoms with Crippen molar-refractivity contribution in [1.82, 2.24) is 4.90 Å². The van der Waals surface area contributed by atoms with E-state index >= 15 is 0 Å². The molecular weight excluding hydrogens is 366 g/mol. The van der Waals surface area contributed by atoms with Crippen molar-refractivity contribution in [3.63, 3.8) is 0 Å². The number of hydrogen-bond acceptors (Lipinski definition) is 3. The van der Waals surface area contributed by atoms with Gasteiger partial charge in [0.05, 0.1) is 5.92 Å². The SMILES string of the molecule is CC(C)Cc1ccc(C(=O)C2CCN(C(=O)C3CCC(C(=O)O)CC3)CC2)cc1. The number of ketones is 1. The summed E-state index contributed by atoms with van der Waals surface area (Å²) >= 11 is 0. The van der Waals surface area contributed by atoms with Gasteiger partial charge in [-0.1, -0.05) is 38.1 Å². The van der Waals surface area contributed by atoms with Crippen molar-refractivity contribution < 1.29 is 19.5 Å². The molecule has 1 saturated heterocycles. The first kappa shape index (κ1) is 21.5. The van der Waals surface area contributed by atoms with E-state index < -0.39 is 5.97 Å². The molecule has 1 amide bonds. The summed E-state index contributed by atoms with van der Waals surface area (Å²) in [5.74, 6) is -0.170. The molecule has 0 aromatic heterocycles. The Morgan fingerprint density at radius 1 is 0.897 bits per heavy atom. The van der Waals surface area contributed by atoms with Crippen molar-refractivity contribution in [3.05, 3.63) is 35.4 Å². The summed E-state index contributed by atoms with van der Waals surface area (Å²) in [6.45, 7) is 5.62. The van der Waals surface area contributed by atoms with Crippen molar-refractivity contribution in [2.75, 3.05) is 13.1 Å². The fourth-order valence-electron chi connectivity index (χ4n) is 4.72. The van der Waals surface area contributed by atoms with Gasteiger partial charge in [0.2, 0.25) is 5.91 Å². The zero-order valence-corrected chi connectivity index (χ0v) is 17.6. The van der Waals surface area contributed by atoms with Crippen molar-refractivity contribution >= 4 is 17.7 Å². The Labute approximate surface area is 173 Å². The third-order valence-corrected chi connectivity index (χ3v) is 6.49. The van der Waals surface area contributed by atoms with E-state index in [2.05, 4.69) is 26.0 Å². The minimum absolute atomic E-state index is 0.0160. The highest BCUT2D eigenvalue weighted by Crippen LogP contribution is 2.31. The van der Waals surface area contributed by atoms with Crippen LogP contribution in [0.3, 0.4) is 0 Å². The van der Waals surface area contributed by atoms with E-state index in [1.165, 1.54) is 5.56 Å². The molecule has 0 radical (unpaired) electrons. The highest BCUT2D eigenvalue weighted by atomic mass is 16.4. The molecule has 1 saturated carbocycles. The van der Waals surface area contributed by atoms with Crippen molar-refractivity contribution in [2.24, 2.45) is 23.7 Å². The average molecular weight is 400 g/mol. The third-order valence-electron chi connectivity index (χ3n) is 6.49. The molecule has 29 heavy (non-hydrogen) atoms. The van der Waals surface area contributed by atoms with Gasteiger partial charge >= 0.3 is 5.97 Å². The zero-order valence-electron chi connectivity index (χ0n) is 17.6. The number of Topliss-reactive ketones (excluding diaryl/α,β-unsaturated/α-hetero) is 1. The predicted octanol–water partition coefficient (Wildman–Crippen LogP) is 4.20. The number of carboxylic acid groups (broad SMARTS) is 1. The summed E-state index contributed by atoms with van der Waals surface area (Å²) in [6.07, 6.45) is 4.95. The van der Waals surface area contributed by atoms with E-state index in [0.717, 1.165) is 12.0 Å². The lowest BCUT2D eigenvalue weighted by atomic mass is 9.81. The lowest BCUT2D eigenvalue weighted by Crippen LogP contribution is -2.44. The molecule has 3 rings (SSSR count). The molecule has 0 atom stereocenters. The second kappa shape index (κ2) is 9.55. The first-order valence-electron chi connectivity index (χ1n) is 11.0. The number of amides is 1. The van der Waals surface area contributed by atoms with Crippen LogP contribution >= 0.6 is 0 Å². The standard InChI is InChI=1S/C24H33NO4/c1-16(2)15-17-3-5-18(6-4-17)22(26)19-11-13-25(14-12-19)23(27)20-7-9-21(10-8-20)24(28)29/h3-6,16,19-21H,7-15H2,1-2H3,(H,28,29). The molecule has 5 nitrogen and oxygen atoms in total. The number of aliphatic carboxylic acids is 1. The molecule has 1 aliphatic heterocycles. The summed E-state index contributed by atoms with van der Waals surface area (Å²) in [6, 6.07) is 8.00. The molecule has 0 unspecified atom stereocenters. The molecule has 2 aliphatic rings. The van der Waals surface area contributed by atoms with Crippen LogP contribution in [0.25, 0.3) is 0 Å². The molecule has 0 bridgehead atoms. The van der Waals surface area contributed by atoms with Gasteiger partial charge in [0.15, 0.2) is 5.78 Å². The molecule has 5 heteroatoms. The highest BCUT2D eigenvalue weighted by molar-refractivity contribution is 5.98. The minimum atomic E-state index is -0.743. The normalized spacial score (nSPS) is 23.2. The summed E-state index contributed by atoms with van der Waals surface area (Å²) < 4.78 is 0. The number of piperidine rings is 1. The fraction of sp³-hybridized carbons (Fsp3) is 0.625. The van der Waals surface area contributed by atoms with Gasteiger partial charge in [0.1, 0.15) is 0 Å². The monoisotopic (exact) mass is 399 g/mol. The number of rotatable bonds is 6. The smallest absolute Gasteiger partial charge is 0.306 e. The quantitative estimate of drug-likeness (QED) is 0.728. The summed E-state index contributed by atoms with van der Waals surface area (Å²) in [5, 5.41) is 9.11. The lowest BCUT2D eigenvalue weighted by molar-refractivity contribution is -0.146. The Balaban J connectivity index is 1.49. The number of hydrogen-bond donors (Lipinski definition) is 1. The first-order valence-corrected chi connectivity index (χ1v) is 11.0. The van der Waals surface area contributed by atoms with Crippen LogP contribution in [-0.2, 0) is 16.0 Å². The van der Waals surface area contributed by atoms with Crippen LogP contribution in [0, 0.1) is 23.7 Å². The fourth-order valence-corrected chi connectivity index (χ4v) is 4.72. The molecule has 158 valence electrons. The van der Waals surface area contributed by atoms with Gasteiger partial charge in [-0.3, -0.25) is 14.4 Å². The van der Waals surface area contributed by atoms with Gasteiger partial charge < -0.3 is 10.0 Å². The molecule has 1 heterocycles. The van der Waals surface area contributed by atoms with E-state index in [1.54, 1.807) is 0 Å². The number of benzene rings is 1. The Hall–Kier alpha value is -2.17. The zero-order chi connectivity index (χ0) is 21.0. The molecular formula is C24H33NO4. The van der Waals surface area contributed by atoms with Crippen molar-refractivity contribution in [1.29, 1.82) is 0 Å². The maximum absolute atomic E-state index is 12.9. The number of likely N-dealkylation sites (tertiary alicyclic amines) is 1. The van der Waals surface area contributed by atoms with Crippen LogP contribution in [0.2, 0.25) is 0 Å². The van der Waals surface area contributed by atoms with Gasteiger partial charge in [-0.15, -0.1) is 0 Å². The predicted molar refractivity (Wildman–Crippen MR) is 112 cm³/mol. The Morgan fingerprint density at radius 2 is 1.45 bits per heavy atom. The molecule has 1 aromatic rings. The van der Waals surface area contributed by atoms with Gasteiger partial charge in [0, 0.05) is 30.5 Å². The third kappa shape index (κ3) is 5.46. The Morgan fingerprint density at radius 3 is 1.97 bits per heavy atom. The average Bonchev–Trinajstić information content (AvgIpc) is 2.73. The number of carbonyl (C=O) groups excluding carboxylic acids is 2. The van der Waals surface area contributed by atoms with Crippen LogP contribution in [-0.4, -0.2) is 40.8 Å². The van der Waals surface area contributed by atoms with Crippen LogP contribution in [0.4, 0.5) is 0 Å². The maximum Gasteiger partial charge on any atom is 0.306 e. The van der Waals surface area contributed by atoms with E-state index in [0.29, 0.717) is 57.5 Å². The van der Waals surface area contributed by atoms with E-state index in [4.69, 9.17) is 5.11 Å². The van der Waals surface area contributed by atoms with Crippen molar-refractivity contribution in [3.8, 4) is 0 Å². The Kier molecular flexibility index (Phi) is 7.09. The second-order valence-electron chi connectivity index (χ2n) is 9.15. The minimum Gasteiger partial charge on any atom is -0.481 e. The van der Waals surface area contributed by atoms with E-state index in [-0.39, 0.29) is 29.4 Å².